The van der Waals surface area contributed by atoms with Crippen LogP contribution >= 0.6 is 7.60 Å². The van der Waals surface area contributed by atoms with Crippen molar-refractivity contribution in [2.24, 2.45) is 0 Å². The van der Waals surface area contributed by atoms with Crippen LogP contribution < -0.4 is 5.30 Å². The summed E-state index contributed by atoms with van der Waals surface area (Å²) in [6.07, 6.45) is -0.668. The van der Waals surface area contributed by atoms with Crippen molar-refractivity contribution in [2.75, 3.05) is 0 Å². The third kappa shape index (κ3) is 4.92. The molecular weight excluding hydrogens is 293 g/mol. The molecule has 0 fully saturated rings. The smallest absolute Gasteiger partial charge is 0.249 e. The van der Waals surface area contributed by atoms with Gasteiger partial charge >= 0.3 is 7.60 Å². The molecule has 0 aliphatic carbocycles. The largest absolute Gasteiger partial charge is 0.416 e. The molecule has 0 unspecified atom stereocenters. The molecule has 21 heavy (non-hydrogen) atoms. The molecule has 0 spiro atoms. The summed E-state index contributed by atoms with van der Waals surface area (Å²) in [6, 6.07) is 7.86. The molecule has 0 saturated heterocycles. The average Bonchev–Trinajstić information content (AvgIpc) is 2.42. The first-order chi connectivity index (χ1) is 9.80. The minimum atomic E-state index is -3.97. The molecule has 0 saturated carbocycles. The van der Waals surface area contributed by atoms with Crippen LogP contribution in [0.2, 0.25) is 0 Å². The molecule has 0 N–H and O–H groups in total. The Labute approximate surface area is 125 Å². The highest BCUT2D eigenvalue weighted by atomic mass is 31.2. The van der Waals surface area contributed by atoms with E-state index < -0.39 is 7.60 Å². The summed E-state index contributed by atoms with van der Waals surface area (Å²) >= 11 is 0. The molecule has 0 atom stereocenters. The zero-order valence-electron chi connectivity index (χ0n) is 12.7. The summed E-state index contributed by atoms with van der Waals surface area (Å²) in [5, 5.41) is 9.27. The summed E-state index contributed by atoms with van der Waals surface area (Å²) in [6.45, 7) is 8.50. The maximum atomic E-state index is 13.0. The monoisotopic (exact) mass is 312 g/mol. The number of rotatable bonds is 7. The Kier molecular flexibility index (Phi) is 6.53. The molecule has 0 amide bonds. The third-order valence-corrected chi connectivity index (χ3v) is 3.91. The standard InChI is InChI=1S/C14H19NO5P/c1-10(2)17-19-21(16,20-18-11(3)4)14-12(5)7-6-8-13(14)9-15/h6,8,10-11H,1-5H3. The van der Waals surface area contributed by atoms with Crippen molar-refractivity contribution in [3.05, 3.63) is 29.3 Å². The lowest BCUT2D eigenvalue weighted by Gasteiger charge is -2.20. The fourth-order valence-corrected chi connectivity index (χ4v) is 3.05. The van der Waals surface area contributed by atoms with Crippen molar-refractivity contribution in [3.8, 4) is 6.07 Å². The zero-order chi connectivity index (χ0) is 16.0. The van der Waals surface area contributed by atoms with Crippen LogP contribution in [-0.2, 0) is 23.7 Å². The second kappa shape index (κ2) is 7.69. The highest BCUT2D eigenvalue weighted by molar-refractivity contribution is 7.62. The van der Waals surface area contributed by atoms with Gasteiger partial charge in [0.2, 0.25) is 0 Å². The second-order valence-corrected chi connectivity index (χ2v) is 6.65. The lowest BCUT2D eigenvalue weighted by Crippen LogP contribution is -2.20. The van der Waals surface area contributed by atoms with E-state index in [4.69, 9.17) is 19.1 Å². The Morgan fingerprint density at radius 1 is 1.19 bits per heavy atom. The first-order valence-electron chi connectivity index (χ1n) is 6.52. The zero-order valence-corrected chi connectivity index (χ0v) is 13.6. The van der Waals surface area contributed by atoms with Crippen molar-refractivity contribution in [1.29, 1.82) is 5.26 Å². The van der Waals surface area contributed by atoms with E-state index >= 15 is 0 Å². The number of nitrogens with zero attached hydrogens (tertiary/aromatic N) is 1. The summed E-state index contributed by atoms with van der Waals surface area (Å²) in [5.74, 6) is 0. The fourth-order valence-electron chi connectivity index (χ4n) is 1.41. The van der Waals surface area contributed by atoms with Crippen LogP contribution in [0, 0.1) is 24.3 Å². The molecule has 7 heteroatoms. The molecule has 0 aliphatic rings. The first kappa shape index (κ1) is 17.8. The van der Waals surface area contributed by atoms with E-state index in [1.165, 1.54) is 6.07 Å². The van der Waals surface area contributed by atoms with E-state index in [0.29, 0.717) is 5.56 Å². The number of hydrogen-bond acceptors (Lipinski definition) is 6. The molecule has 6 nitrogen and oxygen atoms in total. The van der Waals surface area contributed by atoms with Gasteiger partial charge in [0.15, 0.2) is 0 Å². The average molecular weight is 312 g/mol. The number of nitriles is 1. The number of hydrogen-bond donors (Lipinski definition) is 0. The summed E-state index contributed by atoms with van der Waals surface area (Å²) < 4.78 is 22.9. The summed E-state index contributed by atoms with van der Waals surface area (Å²) in [7, 11) is -3.97. The van der Waals surface area contributed by atoms with Gasteiger partial charge in [0.05, 0.1) is 23.1 Å². The molecule has 115 valence electrons. The Morgan fingerprint density at radius 3 is 2.14 bits per heavy atom. The van der Waals surface area contributed by atoms with Crippen molar-refractivity contribution >= 4 is 12.9 Å². The van der Waals surface area contributed by atoms with Crippen LogP contribution in [0.4, 0.5) is 0 Å². The first-order valence-corrected chi connectivity index (χ1v) is 8.06. The van der Waals surface area contributed by atoms with Gasteiger partial charge in [0.1, 0.15) is 6.07 Å². The molecule has 1 radical (unpaired) electrons. The Balaban J connectivity index is 3.24. The Hall–Kier alpha value is -1.22. The SMILES string of the molecule is Cc1[c]ccc(C#N)c1P(=O)(OOC(C)C)OOC(C)C. The topological polar surface area (TPSA) is 77.8 Å². The minimum absolute atomic E-state index is 0.0915. The van der Waals surface area contributed by atoms with Gasteiger partial charge in [0, 0.05) is 0 Å². The molecular formula is C14H19NO5P. The van der Waals surface area contributed by atoms with Gasteiger partial charge in [-0.05, 0) is 52.3 Å². The highest BCUT2D eigenvalue weighted by Crippen LogP contribution is 2.49. The van der Waals surface area contributed by atoms with E-state index in [-0.39, 0.29) is 23.1 Å². The van der Waals surface area contributed by atoms with E-state index in [0.717, 1.165) is 0 Å². The maximum absolute atomic E-state index is 13.0. The Morgan fingerprint density at radius 2 is 1.71 bits per heavy atom. The maximum Gasteiger partial charge on any atom is 0.416 e. The van der Waals surface area contributed by atoms with Crippen molar-refractivity contribution < 1.29 is 23.7 Å². The van der Waals surface area contributed by atoms with E-state index in [2.05, 4.69) is 6.07 Å². The van der Waals surface area contributed by atoms with Gasteiger partial charge in [-0.1, -0.05) is 6.07 Å². The number of aryl methyl sites for hydroxylation is 1. The molecule has 0 heterocycles. The van der Waals surface area contributed by atoms with Gasteiger partial charge < -0.3 is 0 Å². The second-order valence-electron chi connectivity index (χ2n) is 4.91. The minimum Gasteiger partial charge on any atom is -0.249 e. The van der Waals surface area contributed by atoms with E-state index in [9.17, 15) is 9.83 Å². The van der Waals surface area contributed by atoms with E-state index in [1.807, 2.05) is 6.07 Å². The molecule has 1 aromatic carbocycles. The molecule has 0 aromatic heterocycles. The van der Waals surface area contributed by atoms with Gasteiger partial charge in [-0.15, -0.1) is 9.35 Å². The van der Waals surface area contributed by atoms with Crippen LogP contribution in [0.25, 0.3) is 0 Å². The van der Waals surface area contributed by atoms with Crippen molar-refractivity contribution in [2.45, 2.75) is 46.8 Å². The molecule has 1 aromatic rings. The van der Waals surface area contributed by atoms with Crippen LogP contribution in [0.1, 0.15) is 38.8 Å². The normalized spacial score (nSPS) is 11.9. The lowest BCUT2D eigenvalue weighted by molar-refractivity contribution is -0.288. The highest BCUT2D eigenvalue weighted by Gasteiger charge is 2.36. The Bertz CT molecular complexity index is 549. The van der Waals surface area contributed by atoms with Crippen LogP contribution in [0.3, 0.4) is 0 Å². The summed E-state index contributed by atoms with van der Waals surface area (Å²) in [4.78, 5) is 9.91. The molecule has 0 bridgehead atoms. The molecule has 0 aliphatic heterocycles. The van der Waals surface area contributed by atoms with Crippen molar-refractivity contribution in [3.63, 3.8) is 0 Å². The van der Waals surface area contributed by atoms with Crippen molar-refractivity contribution in [1.82, 2.24) is 0 Å². The van der Waals surface area contributed by atoms with Gasteiger partial charge in [-0.25, -0.2) is 14.3 Å². The molecule has 1 rings (SSSR count). The third-order valence-electron chi connectivity index (χ3n) is 2.22. The summed E-state index contributed by atoms with van der Waals surface area (Å²) in [5.41, 5.74) is 0.631. The van der Waals surface area contributed by atoms with Gasteiger partial charge in [-0.3, -0.25) is 0 Å². The van der Waals surface area contributed by atoms with Crippen LogP contribution in [0.15, 0.2) is 12.1 Å². The fraction of sp³-hybridized carbons (Fsp3) is 0.500. The lowest BCUT2D eigenvalue weighted by atomic mass is 10.1. The van der Waals surface area contributed by atoms with Crippen LogP contribution in [0.5, 0.6) is 0 Å². The predicted molar refractivity (Wildman–Crippen MR) is 76.6 cm³/mol. The van der Waals surface area contributed by atoms with Gasteiger partial charge in [0.25, 0.3) is 0 Å². The number of benzene rings is 1. The quantitative estimate of drug-likeness (QED) is 0.437. The van der Waals surface area contributed by atoms with Crippen LogP contribution in [-0.4, -0.2) is 12.2 Å². The van der Waals surface area contributed by atoms with Gasteiger partial charge in [-0.2, -0.15) is 5.26 Å². The van der Waals surface area contributed by atoms with E-state index in [1.54, 1.807) is 40.7 Å². The predicted octanol–water partition coefficient (Wildman–Crippen LogP) is 3.20.